The van der Waals surface area contributed by atoms with Gasteiger partial charge in [-0.1, -0.05) is 19.8 Å². The Bertz CT molecular complexity index is 756. The standard InChI is InChI=1S/C21H31N5S/c1-14-4-6-17(7-5-14)19-15(2)20(27-16(19)3)25-21-23-12-18(13-24-21)26-10-8-22-9-11-26/h12-14,17,22H,4-11H2,1-3H3,(H,23,24,25). The fourth-order valence-corrected chi connectivity index (χ4v) is 5.65. The van der Waals surface area contributed by atoms with Gasteiger partial charge in [0.05, 0.1) is 23.1 Å². The molecule has 2 aliphatic rings. The second kappa shape index (κ2) is 8.15. The van der Waals surface area contributed by atoms with Gasteiger partial charge in [0, 0.05) is 31.1 Å². The molecular weight excluding hydrogens is 354 g/mol. The third kappa shape index (κ3) is 4.11. The molecule has 0 bridgehead atoms. The lowest BCUT2D eigenvalue weighted by Crippen LogP contribution is -2.43. The lowest BCUT2D eigenvalue weighted by atomic mass is 9.78. The van der Waals surface area contributed by atoms with Gasteiger partial charge in [-0.15, -0.1) is 11.3 Å². The topological polar surface area (TPSA) is 53.1 Å². The van der Waals surface area contributed by atoms with Crippen LogP contribution in [0.3, 0.4) is 0 Å². The number of anilines is 3. The lowest BCUT2D eigenvalue weighted by molar-refractivity contribution is 0.347. The fraction of sp³-hybridized carbons (Fsp3) is 0.619. The number of hydrogen-bond acceptors (Lipinski definition) is 6. The first-order chi connectivity index (χ1) is 13.1. The summed E-state index contributed by atoms with van der Waals surface area (Å²) in [6, 6.07) is 0. The monoisotopic (exact) mass is 385 g/mol. The average Bonchev–Trinajstić information content (AvgIpc) is 2.97. The highest BCUT2D eigenvalue weighted by Gasteiger charge is 2.25. The Hall–Kier alpha value is -1.66. The van der Waals surface area contributed by atoms with E-state index in [1.165, 1.54) is 41.1 Å². The van der Waals surface area contributed by atoms with Gasteiger partial charge in [-0.25, -0.2) is 9.97 Å². The third-order valence-corrected chi connectivity index (χ3v) is 7.29. The predicted octanol–water partition coefficient (Wildman–Crippen LogP) is 4.60. The van der Waals surface area contributed by atoms with Crippen molar-refractivity contribution in [2.45, 2.75) is 52.4 Å². The Kier molecular flexibility index (Phi) is 5.64. The molecule has 0 atom stereocenters. The molecule has 146 valence electrons. The van der Waals surface area contributed by atoms with Crippen molar-refractivity contribution < 1.29 is 0 Å². The fourth-order valence-electron chi connectivity index (χ4n) is 4.51. The maximum Gasteiger partial charge on any atom is 0.227 e. The number of piperazine rings is 1. The maximum atomic E-state index is 4.57. The number of aromatic nitrogens is 2. The van der Waals surface area contributed by atoms with Crippen LogP contribution < -0.4 is 15.5 Å². The van der Waals surface area contributed by atoms with Crippen molar-refractivity contribution in [2.75, 3.05) is 36.4 Å². The van der Waals surface area contributed by atoms with Crippen LogP contribution in [0.15, 0.2) is 12.4 Å². The summed E-state index contributed by atoms with van der Waals surface area (Å²) in [4.78, 5) is 12.9. The minimum atomic E-state index is 0.696. The van der Waals surface area contributed by atoms with E-state index in [0.29, 0.717) is 5.95 Å². The number of hydrogen-bond donors (Lipinski definition) is 2. The molecule has 2 aromatic heterocycles. The molecule has 1 saturated heterocycles. The average molecular weight is 386 g/mol. The van der Waals surface area contributed by atoms with Crippen LogP contribution in [0.25, 0.3) is 0 Å². The van der Waals surface area contributed by atoms with Crippen LogP contribution >= 0.6 is 11.3 Å². The first kappa shape index (κ1) is 18.7. The smallest absolute Gasteiger partial charge is 0.227 e. The van der Waals surface area contributed by atoms with E-state index >= 15 is 0 Å². The summed E-state index contributed by atoms with van der Waals surface area (Å²) in [5, 5.41) is 8.06. The van der Waals surface area contributed by atoms with Gasteiger partial charge in [0.25, 0.3) is 0 Å². The zero-order chi connectivity index (χ0) is 18.8. The van der Waals surface area contributed by atoms with Crippen molar-refractivity contribution in [3.63, 3.8) is 0 Å². The predicted molar refractivity (Wildman–Crippen MR) is 115 cm³/mol. The van der Waals surface area contributed by atoms with Crippen molar-refractivity contribution in [1.29, 1.82) is 0 Å². The van der Waals surface area contributed by atoms with E-state index in [2.05, 4.69) is 46.3 Å². The summed E-state index contributed by atoms with van der Waals surface area (Å²) in [7, 11) is 0. The lowest BCUT2D eigenvalue weighted by Gasteiger charge is -2.28. The van der Waals surface area contributed by atoms with Gasteiger partial charge in [-0.3, -0.25) is 0 Å². The zero-order valence-corrected chi connectivity index (χ0v) is 17.5. The van der Waals surface area contributed by atoms with Crippen molar-refractivity contribution >= 4 is 28.0 Å². The van der Waals surface area contributed by atoms with Crippen LogP contribution in [-0.2, 0) is 0 Å². The molecule has 1 saturated carbocycles. The number of thiophene rings is 1. The largest absolute Gasteiger partial charge is 0.366 e. The molecule has 0 unspecified atom stereocenters. The van der Waals surface area contributed by atoms with Crippen LogP contribution in [0, 0.1) is 19.8 Å². The van der Waals surface area contributed by atoms with Crippen LogP contribution in [0.4, 0.5) is 16.6 Å². The molecule has 27 heavy (non-hydrogen) atoms. The summed E-state index contributed by atoms with van der Waals surface area (Å²) in [6.07, 6.45) is 9.26. The van der Waals surface area contributed by atoms with Crippen LogP contribution in [0.1, 0.15) is 54.5 Å². The summed E-state index contributed by atoms with van der Waals surface area (Å²) in [5.41, 5.74) is 4.08. The summed E-state index contributed by atoms with van der Waals surface area (Å²) in [5.74, 6) is 2.31. The molecule has 0 aromatic carbocycles. The molecule has 1 aliphatic carbocycles. The van der Waals surface area contributed by atoms with Gasteiger partial charge < -0.3 is 15.5 Å². The zero-order valence-electron chi connectivity index (χ0n) is 16.7. The summed E-state index contributed by atoms with van der Waals surface area (Å²) in [6.45, 7) is 11.0. The van der Waals surface area contributed by atoms with Crippen molar-refractivity contribution in [2.24, 2.45) is 5.92 Å². The van der Waals surface area contributed by atoms with E-state index < -0.39 is 0 Å². The van der Waals surface area contributed by atoms with Gasteiger partial charge in [0.2, 0.25) is 5.95 Å². The SMILES string of the molecule is Cc1sc(Nc2ncc(N3CCNCC3)cn2)c(C)c1C1CCC(C)CC1. The Morgan fingerprint density at radius 3 is 2.41 bits per heavy atom. The van der Waals surface area contributed by atoms with E-state index in [0.717, 1.165) is 43.7 Å². The van der Waals surface area contributed by atoms with Crippen molar-refractivity contribution in [3.8, 4) is 0 Å². The molecule has 2 fully saturated rings. The molecule has 2 N–H and O–H groups in total. The van der Waals surface area contributed by atoms with Crippen LogP contribution in [-0.4, -0.2) is 36.1 Å². The molecule has 3 heterocycles. The Balaban J connectivity index is 1.47. The highest BCUT2D eigenvalue weighted by molar-refractivity contribution is 7.16. The molecule has 0 amide bonds. The van der Waals surface area contributed by atoms with Gasteiger partial charge in [-0.2, -0.15) is 0 Å². The molecule has 0 radical (unpaired) electrons. The first-order valence-corrected chi connectivity index (χ1v) is 11.1. The Morgan fingerprint density at radius 1 is 1.07 bits per heavy atom. The van der Waals surface area contributed by atoms with Crippen LogP contribution in [0.5, 0.6) is 0 Å². The second-order valence-electron chi connectivity index (χ2n) is 8.11. The van der Waals surface area contributed by atoms with E-state index in [1.54, 1.807) is 5.56 Å². The highest BCUT2D eigenvalue weighted by Crippen LogP contribution is 2.44. The number of nitrogens with one attached hydrogen (secondary N) is 2. The number of aryl methyl sites for hydroxylation is 1. The van der Waals surface area contributed by atoms with Gasteiger partial charge in [0.1, 0.15) is 0 Å². The Labute approximate surface area is 166 Å². The second-order valence-corrected chi connectivity index (χ2v) is 9.33. The molecular formula is C21H31N5S. The molecule has 6 heteroatoms. The summed E-state index contributed by atoms with van der Waals surface area (Å²) < 4.78 is 0. The molecule has 4 rings (SSSR count). The van der Waals surface area contributed by atoms with E-state index in [9.17, 15) is 0 Å². The Morgan fingerprint density at radius 2 is 1.74 bits per heavy atom. The van der Waals surface area contributed by atoms with Gasteiger partial charge in [0.15, 0.2) is 0 Å². The maximum absolute atomic E-state index is 4.57. The van der Waals surface area contributed by atoms with Crippen molar-refractivity contribution in [1.82, 2.24) is 15.3 Å². The third-order valence-electron chi connectivity index (χ3n) is 6.15. The van der Waals surface area contributed by atoms with Crippen LogP contribution in [0.2, 0.25) is 0 Å². The minimum Gasteiger partial charge on any atom is -0.366 e. The normalized spacial score (nSPS) is 23.4. The highest BCUT2D eigenvalue weighted by atomic mass is 32.1. The molecule has 2 aromatic rings. The van der Waals surface area contributed by atoms with E-state index in [4.69, 9.17) is 0 Å². The minimum absolute atomic E-state index is 0.696. The molecule has 5 nitrogen and oxygen atoms in total. The quantitative estimate of drug-likeness (QED) is 0.805. The first-order valence-electron chi connectivity index (χ1n) is 10.3. The molecule has 0 spiro atoms. The van der Waals surface area contributed by atoms with Gasteiger partial charge >= 0.3 is 0 Å². The van der Waals surface area contributed by atoms with E-state index in [1.807, 2.05) is 23.7 Å². The number of nitrogens with zero attached hydrogens (tertiary/aromatic N) is 3. The summed E-state index contributed by atoms with van der Waals surface area (Å²) >= 11 is 1.85. The van der Waals surface area contributed by atoms with Gasteiger partial charge in [-0.05, 0) is 49.7 Å². The molecule has 1 aliphatic heterocycles. The number of rotatable bonds is 4. The van der Waals surface area contributed by atoms with Crippen molar-refractivity contribution in [3.05, 3.63) is 28.4 Å². The van der Waals surface area contributed by atoms with E-state index in [-0.39, 0.29) is 0 Å².